The summed E-state index contributed by atoms with van der Waals surface area (Å²) in [4.78, 5) is 2.46. The van der Waals surface area contributed by atoms with Crippen molar-refractivity contribution >= 4 is 0 Å². The molecule has 22 heavy (non-hydrogen) atoms. The van der Waals surface area contributed by atoms with Crippen LogP contribution in [-0.4, -0.2) is 18.0 Å². The van der Waals surface area contributed by atoms with Crippen molar-refractivity contribution in [2.24, 2.45) is 5.41 Å². The lowest BCUT2D eigenvalue weighted by molar-refractivity contribution is 0.112. The highest BCUT2D eigenvalue weighted by Gasteiger charge is 2.32. The quantitative estimate of drug-likeness (QED) is 0.741. The van der Waals surface area contributed by atoms with Crippen LogP contribution in [0.1, 0.15) is 64.0 Å². The molecule has 1 aromatic carbocycles. The van der Waals surface area contributed by atoms with Gasteiger partial charge in [0.15, 0.2) is 5.88 Å². The molecule has 120 valence electrons. The Morgan fingerprint density at radius 2 is 1.86 bits per heavy atom. The molecule has 2 nitrogen and oxygen atoms in total. The van der Waals surface area contributed by atoms with E-state index in [1.165, 1.54) is 29.5 Å². The summed E-state index contributed by atoms with van der Waals surface area (Å²) in [5.41, 5.74) is 4.55. The van der Waals surface area contributed by atoms with E-state index in [0.29, 0.717) is 11.3 Å². The molecule has 2 heterocycles. The van der Waals surface area contributed by atoms with Gasteiger partial charge in [-0.05, 0) is 50.2 Å². The highest BCUT2D eigenvalue weighted by molar-refractivity contribution is 5.47. The molecule has 1 aromatic rings. The van der Waals surface area contributed by atoms with Crippen molar-refractivity contribution in [1.29, 1.82) is 0 Å². The summed E-state index contributed by atoms with van der Waals surface area (Å²) in [7, 11) is 0. The van der Waals surface area contributed by atoms with Crippen LogP contribution in [0.5, 0.6) is 5.75 Å². The standard InChI is InChI=1S/C20H29NO/c1-6-16-15(3)19(21-11-9-20(4,5)10-12-21)22-18-8-7-14(2)13-17(16)18/h7-8,13,16H,6,9-12H2,1-5H3. The normalized spacial score (nSPS) is 24.0. The SMILES string of the molecule is CCC1C(C)=C(N2CCC(C)(C)CC2)Oc2ccc(C)cc21. The number of benzene rings is 1. The van der Waals surface area contributed by atoms with E-state index in [0.717, 1.165) is 31.1 Å². The van der Waals surface area contributed by atoms with Gasteiger partial charge in [0.05, 0.1) is 0 Å². The third-order valence-electron chi connectivity index (χ3n) is 5.42. The molecule has 1 saturated heterocycles. The van der Waals surface area contributed by atoms with Gasteiger partial charge in [0, 0.05) is 24.6 Å². The van der Waals surface area contributed by atoms with E-state index in [4.69, 9.17) is 4.74 Å². The monoisotopic (exact) mass is 299 g/mol. The van der Waals surface area contributed by atoms with Crippen molar-refractivity contribution in [3.05, 3.63) is 40.8 Å². The van der Waals surface area contributed by atoms with Gasteiger partial charge in [0.25, 0.3) is 0 Å². The summed E-state index contributed by atoms with van der Waals surface area (Å²) in [6.07, 6.45) is 3.61. The fraction of sp³-hybridized carbons (Fsp3) is 0.600. The maximum atomic E-state index is 6.34. The molecule has 2 heteroatoms. The number of hydrogen-bond donors (Lipinski definition) is 0. The summed E-state index contributed by atoms with van der Waals surface area (Å²) in [5, 5.41) is 0. The Morgan fingerprint density at radius 1 is 1.18 bits per heavy atom. The molecule has 0 saturated carbocycles. The van der Waals surface area contributed by atoms with E-state index in [-0.39, 0.29) is 0 Å². The molecular weight excluding hydrogens is 270 g/mol. The molecule has 0 radical (unpaired) electrons. The molecule has 0 amide bonds. The van der Waals surface area contributed by atoms with Crippen molar-refractivity contribution < 1.29 is 4.74 Å². The fourth-order valence-corrected chi connectivity index (χ4v) is 3.76. The highest BCUT2D eigenvalue weighted by atomic mass is 16.5. The molecule has 0 bridgehead atoms. The lowest BCUT2D eigenvalue weighted by Crippen LogP contribution is -2.39. The summed E-state index contributed by atoms with van der Waals surface area (Å²) in [6, 6.07) is 6.60. The molecule has 3 rings (SSSR count). The average Bonchev–Trinajstić information content (AvgIpc) is 2.47. The van der Waals surface area contributed by atoms with Crippen LogP contribution in [0.15, 0.2) is 29.7 Å². The van der Waals surface area contributed by atoms with Gasteiger partial charge in [-0.2, -0.15) is 0 Å². The fourth-order valence-electron chi connectivity index (χ4n) is 3.76. The van der Waals surface area contributed by atoms with Gasteiger partial charge in [-0.3, -0.25) is 0 Å². The molecule has 1 atom stereocenters. The Labute approximate surface area is 135 Å². The number of fused-ring (bicyclic) bond motifs is 1. The predicted octanol–water partition coefficient (Wildman–Crippen LogP) is 5.23. The van der Waals surface area contributed by atoms with Crippen molar-refractivity contribution in [3.8, 4) is 5.75 Å². The molecule has 0 aliphatic carbocycles. The van der Waals surface area contributed by atoms with Gasteiger partial charge < -0.3 is 9.64 Å². The van der Waals surface area contributed by atoms with E-state index < -0.39 is 0 Å². The number of nitrogens with zero attached hydrogens (tertiary/aromatic N) is 1. The lowest BCUT2D eigenvalue weighted by Gasteiger charge is -2.41. The number of ether oxygens (including phenoxy) is 1. The molecule has 0 aromatic heterocycles. The number of aryl methyl sites for hydroxylation is 1. The zero-order valence-electron chi connectivity index (χ0n) is 14.7. The Bertz CT molecular complexity index is 590. The number of piperidine rings is 1. The maximum Gasteiger partial charge on any atom is 0.195 e. The Kier molecular flexibility index (Phi) is 3.96. The second kappa shape index (κ2) is 5.64. The first-order valence-electron chi connectivity index (χ1n) is 8.65. The number of likely N-dealkylation sites (tertiary alicyclic amines) is 1. The van der Waals surface area contributed by atoms with E-state index in [2.05, 4.69) is 57.7 Å². The van der Waals surface area contributed by atoms with E-state index in [1.807, 2.05) is 0 Å². The van der Waals surface area contributed by atoms with Crippen LogP contribution >= 0.6 is 0 Å². The van der Waals surface area contributed by atoms with Crippen LogP contribution in [-0.2, 0) is 0 Å². The zero-order chi connectivity index (χ0) is 15.9. The Morgan fingerprint density at radius 3 is 2.50 bits per heavy atom. The minimum atomic E-state index is 0.471. The zero-order valence-corrected chi connectivity index (χ0v) is 14.7. The van der Waals surface area contributed by atoms with E-state index >= 15 is 0 Å². The van der Waals surface area contributed by atoms with Crippen LogP contribution in [0.3, 0.4) is 0 Å². The number of allylic oxidation sites excluding steroid dienone is 1. The van der Waals surface area contributed by atoms with E-state index in [9.17, 15) is 0 Å². The minimum absolute atomic E-state index is 0.471. The first-order chi connectivity index (χ1) is 10.4. The van der Waals surface area contributed by atoms with Gasteiger partial charge in [0.2, 0.25) is 0 Å². The first-order valence-corrected chi connectivity index (χ1v) is 8.65. The van der Waals surface area contributed by atoms with Gasteiger partial charge in [0.1, 0.15) is 5.75 Å². The van der Waals surface area contributed by atoms with Gasteiger partial charge in [-0.25, -0.2) is 0 Å². The van der Waals surface area contributed by atoms with Crippen molar-refractivity contribution in [2.45, 2.75) is 59.8 Å². The summed E-state index contributed by atoms with van der Waals surface area (Å²) < 4.78 is 6.34. The third kappa shape index (κ3) is 2.76. The molecule has 0 N–H and O–H groups in total. The smallest absolute Gasteiger partial charge is 0.195 e. The van der Waals surface area contributed by atoms with Crippen molar-refractivity contribution in [2.75, 3.05) is 13.1 Å². The van der Waals surface area contributed by atoms with Crippen LogP contribution in [0, 0.1) is 12.3 Å². The number of hydrogen-bond acceptors (Lipinski definition) is 2. The molecular formula is C20H29NO. The molecule has 1 fully saturated rings. The molecule has 2 aliphatic rings. The molecule has 1 unspecified atom stereocenters. The Hall–Kier alpha value is -1.44. The lowest BCUT2D eigenvalue weighted by atomic mass is 9.82. The van der Waals surface area contributed by atoms with Gasteiger partial charge in [-0.15, -0.1) is 0 Å². The van der Waals surface area contributed by atoms with Crippen LogP contribution in [0.2, 0.25) is 0 Å². The van der Waals surface area contributed by atoms with Crippen molar-refractivity contribution in [3.63, 3.8) is 0 Å². The van der Waals surface area contributed by atoms with Crippen LogP contribution in [0.4, 0.5) is 0 Å². The average molecular weight is 299 g/mol. The van der Waals surface area contributed by atoms with Crippen LogP contribution in [0.25, 0.3) is 0 Å². The Balaban J connectivity index is 1.91. The molecule has 0 spiro atoms. The second-order valence-electron chi connectivity index (χ2n) is 7.74. The van der Waals surface area contributed by atoms with Crippen molar-refractivity contribution in [1.82, 2.24) is 4.90 Å². The third-order valence-corrected chi connectivity index (χ3v) is 5.42. The largest absolute Gasteiger partial charge is 0.441 e. The topological polar surface area (TPSA) is 12.5 Å². The predicted molar refractivity (Wildman–Crippen MR) is 92.1 cm³/mol. The summed E-state index contributed by atoms with van der Waals surface area (Å²) >= 11 is 0. The summed E-state index contributed by atoms with van der Waals surface area (Å²) in [6.45, 7) is 13.7. The van der Waals surface area contributed by atoms with Gasteiger partial charge in [-0.1, -0.05) is 38.5 Å². The van der Waals surface area contributed by atoms with Gasteiger partial charge >= 0.3 is 0 Å². The summed E-state index contributed by atoms with van der Waals surface area (Å²) in [5.74, 6) is 2.68. The highest BCUT2D eigenvalue weighted by Crippen LogP contribution is 2.43. The second-order valence-corrected chi connectivity index (χ2v) is 7.74. The number of rotatable bonds is 2. The minimum Gasteiger partial charge on any atom is -0.441 e. The van der Waals surface area contributed by atoms with E-state index in [1.54, 1.807) is 0 Å². The molecule has 2 aliphatic heterocycles. The maximum absolute atomic E-state index is 6.34. The first kappa shape index (κ1) is 15.5. The van der Waals surface area contributed by atoms with Crippen LogP contribution < -0.4 is 4.74 Å².